The maximum Gasteiger partial charge on any atom is 0.236 e. The Labute approximate surface area is 125 Å². The molecule has 2 heterocycles. The molecular weight excluding hydrogens is 285 g/mol. The van der Waals surface area contributed by atoms with E-state index in [1.165, 1.54) is 12.1 Å². The molecule has 2 N–H and O–H groups in total. The number of amides is 1. The Morgan fingerprint density at radius 1 is 1.41 bits per heavy atom. The molecule has 22 heavy (non-hydrogen) atoms. The normalized spacial score (nSPS) is 15.9. The summed E-state index contributed by atoms with van der Waals surface area (Å²) in [5.41, 5.74) is 1.05. The maximum atomic E-state index is 13.5. The van der Waals surface area contributed by atoms with Crippen molar-refractivity contribution in [2.24, 2.45) is 0 Å². The van der Waals surface area contributed by atoms with Gasteiger partial charge in [0.05, 0.1) is 5.41 Å². The van der Waals surface area contributed by atoms with Gasteiger partial charge in [0.15, 0.2) is 5.82 Å². The second kappa shape index (κ2) is 4.43. The Bertz CT molecular complexity index is 877. The number of aromatic nitrogens is 2. The molecule has 0 bridgehead atoms. The van der Waals surface area contributed by atoms with E-state index in [1.54, 1.807) is 25.3 Å². The van der Waals surface area contributed by atoms with E-state index in [1.807, 2.05) is 0 Å². The lowest BCUT2D eigenvalue weighted by Gasteiger charge is -2.13. The van der Waals surface area contributed by atoms with Crippen molar-refractivity contribution in [3.8, 4) is 0 Å². The highest BCUT2D eigenvalue weighted by atomic mass is 19.1. The SMILES string of the molecule is Cc1cc(NC(=O)C2(c3c[nH]c4ccc(F)cc34)CC2)no1. The van der Waals surface area contributed by atoms with Crippen molar-refractivity contribution in [2.45, 2.75) is 25.2 Å². The van der Waals surface area contributed by atoms with Gasteiger partial charge in [-0.3, -0.25) is 4.79 Å². The first kappa shape index (κ1) is 13.1. The van der Waals surface area contributed by atoms with Gasteiger partial charge in [0.25, 0.3) is 0 Å². The van der Waals surface area contributed by atoms with Crippen LogP contribution in [0.4, 0.5) is 10.2 Å². The number of carbonyl (C=O) groups excluding carboxylic acids is 1. The molecule has 112 valence electrons. The van der Waals surface area contributed by atoms with Gasteiger partial charge < -0.3 is 14.8 Å². The number of fused-ring (bicyclic) bond motifs is 1. The minimum atomic E-state index is -0.612. The van der Waals surface area contributed by atoms with Crippen molar-refractivity contribution >= 4 is 22.6 Å². The summed E-state index contributed by atoms with van der Waals surface area (Å²) in [5, 5.41) is 7.32. The van der Waals surface area contributed by atoms with Crippen LogP contribution in [-0.2, 0) is 10.2 Å². The number of halogens is 1. The van der Waals surface area contributed by atoms with E-state index >= 15 is 0 Å². The first-order valence-corrected chi connectivity index (χ1v) is 7.10. The summed E-state index contributed by atoms with van der Waals surface area (Å²) in [7, 11) is 0. The number of rotatable bonds is 3. The molecule has 1 fully saturated rings. The van der Waals surface area contributed by atoms with Gasteiger partial charge in [-0.1, -0.05) is 5.16 Å². The topological polar surface area (TPSA) is 70.9 Å². The molecule has 2 aromatic heterocycles. The minimum absolute atomic E-state index is 0.133. The molecule has 1 saturated carbocycles. The number of anilines is 1. The first-order chi connectivity index (χ1) is 10.6. The third-order valence-corrected chi connectivity index (χ3v) is 4.21. The molecule has 0 spiro atoms. The van der Waals surface area contributed by atoms with Crippen LogP contribution in [0.25, 0.3) is 10.9 Å². The van der Waals surface area contributed by atoms with Crippen LogP contribution in [0.3, 0.4) is 0 Å². The summed E-state index contributed by atoms with van der Waals surface area (Å²) in [4.78, 5) is 15.7. The van der Waals surface area contributed by atoms with E-state index in [-0.39, 0.29) is 11.7 Å². The standard InChI is InChI=1S/C16H14FN3O2/c1-9-6-14(20-22-9)19-15(21)16(4-5-16)12-8-18-13-3-2-10(17)7-11(12)13/h2-3,6-8,18H,4-5H2,1H3,(H,19,20,21). The molecule has 1 amide bonds. The van der Waals surface area contributed by atoms with Crippen molar-refractivity contribution in [3.63, 3.8) is 0 Å². The number of hydrogen-bond donors (Lipinski definition) is 2. The van der Waals surface area contributed by atoms with Crippen molar-refractivity contribution < 1.29 is 13.7 Å². The summed E-state index contributed by atoms with van der Waals surface area (Å²) < 4.78 is 18.5. The van der Waals surface area contributed by atoms with Crippen LogP contribution < -0.4 is 5.32 Å². The predicted octanol–water partition coefficient (Wildman–Crippen LogP) is 3.27. The highest BCUT2D eigenvalue weighted by molar-refractivity contribution is 6.04. The molecule has 6 heteroatoms. The summed E-state index contributed by atoms with van der Waals surface area (Å²) in [6.45, 7) is 1.76. The number of benzene rings is 1. The number of aromatic amines is 1. The molecule has 0 radical (unpaired) electrons. The Kier molecular flexibility index (Phi) is 2.63. The lowest BCUT2D eigenvalue weighted by molar-refractivity contribution is -0.118. The fraction of sp³-hybridized carbons (Fsp3) is 0.250. The van der Waals surface area contributed by atoms with Crippen LogP contribution in [-0.4, -0.2) is 16.0 Å². The van der Waals surface area contributed by atoms with Gasteiger partial charge in [-0.2, -0.15) is 0 Å². The largest absolute Gasteiger partial charge is 0.361 e. The van der Waals surface area contributed by atoms with Crippen LogP contribution in [0.15, 0.2) is 35.0 Å². The van der Waals surface area contributed by atoms with Gasteiger partial charge in [-0.05, 0) is 43.5 Å². The molecule has 4 rings (SSSR count). The monoisotopic (exact) mass is 299 g/mol. The third-order valence-electron chi connectivity index (χ3n) is 4.21. The van der Waals surface area contributed by atoms with E-state index in [0.717, 1.165) is 29.3 Å². The molecule has 1 aromatic carbocycles. The highest BCUT2D eigenvalue weighted by Gasteiger charge is 2.52. The van der Waals surface area contributed by atoms with E-state index in [9.17, 15) is 9.18 Å². The quantitative estimate of drug-likeness (QED) is 0.779. The number of carbonyl (C=O) groups is 1. The number of aryl methyl sites for hydroxylation is 1. The predicted molar refractivity (Wildman–Crippen MR) is 79.0 cm³/mol. The molecule has 0 atom stereocenters. The van der Waals surface area contributed by atoms with E-state index < -0.39 is 5.41 Å². The Morgan fingerprint density at radius 3 is 2.91 bits per heavy atom. The fourth-order valence-electron chi connectivity index (χ4n) is 2.89. The van der Waals surface area contributed by atoms with Crippen molar-refractivity contribution in [3.05, 3.63) is 47.6 Å². The lowest BCUT2D eigenvalue weighted by atomic mass is 9.94. The minimum Gasteiger partial charge on any atom is -0.361 e. The van der Waals surface area contributed by atoms with E-state index in [4.69, 9.17) is 4.52 Å². The zero-order valence-corrected chi connectivity index (χ0v) is 11.9. The zero-order chi connectivity index (χ0) is 15.3. The summed E-state index contributed by atoms with van der Waals surface area (Å²) in [6, 6.07) is 6.22. The fourth-order valence-corrected chi connectivity index (χ4v) is 2.89. The Balaban J connectivity index is 1.70. The van der Waals surface area contributed by atoms with E-state index in [0.29, 0.717) is 11.6 Å². The first-order valence-electron chi connectivity index (χ1n) is 7.10. The van der Waals surface area contributed by atoms with Gasteiger partial charge >= 0.3 is 0 Å². The molecule has 1 aliphatic rings. The van der Waals surface area contributed by atoms with Crippen LogP contribution in [0.5, 0.6) is 0 Å². The summed E-state index contributed by atoms with van der Waals surface area (Å²) in [6.07, 6.45) is 3.27. The second-order valence-corrected chi connectivity index (χ2v) is 5.75. The van der Waals surface area contributed by atoms with Gasteiger partial charge in [0.1, 0.15) is 11.6 Å². The zero-order valence-electron chi connectivity index (χ0n) is 11.9. The molecule has 0 aliphatic heterocycles. The molecule has 1 aliphatic carbocycles. The van der Waals surface area contributed by atoms with Crippen LogP contribution in [0.2, 0.25) is 0 Å². The molecule has 5 nitrogen and oxygen atoms in total. The van der Waals surface area contributed by atoms with Gasteiger partial charge in [-0.15, -0.1) is 0 Å². The molecule has 0 saturated heterocycles. The van der Waals surface area contributed by atoms with Crippen molar-refractivity contribution in [1.29, 1.82) is 0 Å². The lowest BCUT2D eigenvalue weighted by Crippen LogP contribution is -2.27. The molecular formula is C16H14FN3O2. The molecule has 0 unspecified atom stereocenters. The maximum absolute atomic E-state index is 13.5. The third kappa shape index (κ3) is 1.91. The highest BCUT2D eigenvalue weighted by Crippen LogP contribution is 2.51. The molecule has 3 aromatic rings. The van der Waals surface area contributed by atoms with Crippen LogP contribution in [0, 0.1) is 12.7 Å². The van der Waals surface area contributed by atoms with Crippen LogP contribution in [0.1, 0.15) is 24.2 Å². The summed E-state index contributed by atoms with van der Waals surface area (Å²) in [5.74, 6) is 0.594. The van der Waals surface area contributed by atoms with Crippen molar-refractivity contribution in [1.82, 2.24) is 10.1 Å². The van der Waals surface area contributed by atoms with Crippen LogP contribution >= 0.6 is 0 Å². The van der Waals surface area contributed by atoms with Gasteiger partial charge in [0.2, 0.25) is 5.91 Å². The Morgan fingerprint density at radius 2 is 2.23 bits per heavy atom. The van der Waals surface area contributed by atoms with Crippen molar-refractivity contribution in [2.75, 3.05) is 5.32 Å². The Hall–Kier alpha value is -2.63. The average Bonchev–Trinajstić information content (AvgIpc) is 3.03. The number of hydrogen-bond acceptors (Lipinski definition) is 3. The number of nitrogens with zero attached hydrogens (tertiary/aromatic N) is 1. The average molecular weight is 299 g/mol. The number of nitrogens with one attached hydrogen (secondary N) is 2. The van der Waals surface area contributed by atoms with Gasteiger partial charge in [-0.25, -0.2) is 4.39 Å². The number of H-pyrrole nitrogens is 1. The second-order valence-electron chi connectivity index (χ2n) is 5.75. The van der Waals surface area contributed by atoms with E-state index in [2.05, 4.69) is 15.5 Å². The van der Waals surface area contributed by atoms with Gasteiger partial charge in [0, 0.05) is 23.2 Å². The smallest absolute Gasteiger partial charge is 0.236 e. The summed E-state index contributed by atoms with van der Waals surface area (Å²) >= 11 is 0.